The molecule has 1 atom stereocenters. The van der Waals surface area contributed by atoms with Gasteiger partial charge >= 0.3 is 0 Å². The average Bonchev–Trinajstić information content (AvgIpc) is 2.43. The number of piperidine rings is 1. The number of aryl methyl sites for hydroxylation is 2. The summed E-state index contributed by atoms with van der Waals surface area (Å²) in [6.07, 6.45) is 4.56. The first-order valence-electron chi connectivity index (χ1n) is 7.65. The van der Waals surface area contributed by atoms with Crippen molar-refractivity contribution in [2.75, 3.05) is 20.1 Å². The molecule has 2 rings (SSSR count). The largest absolute Gasteiger partial charge is 0.336 e. The van der Waals surface area contributed by atoms with Gasteiger partial charge in [0, 0.05) is 18.2 Å². The molecule has 1 aromatic rings. The molecule has 1 aliphatic rings. The SMILES string of the molecule is CNCCC1CCCCN1C(=O)c1cc(C)cc(C)c1. The number of carbonyl (C=O) groups is 1. The van der Waals surface area contributed by atoms with E-state index in [0.29, 0.717) is 6.04 Å². The fourth-order valence-electron chi connectivity index (χ4n) is 3.14. The molecular formula is C17H26N2O. The maximum atomic E-state index is 12.8. The fourth-order valence-corrected chi connectivity index (χ4v) is 3.14. The summed E-state index contributed by atoms with van der Waals surface area (Å²) in [4.78, 5) is 14.9. The van der Waals surface area contributed by atoms with Crippen LogP contribution in [0.1, 0.15) is 47.2 Å². The van der Waals surface area contributed by atoms with E-state index in [1.165, 1.54) is 6.42 Å². The van der Waals surface area contributed by atoms with E-state index in [-0.39, 0.29) is 5.91 Å². The van der Waals surface area contributed by atoms with Gasteiger partial charge in [-0.2, -0.15) is 0 Å². The summed E-state index contributed by atoms with van der Waals surface area (Å²) in [5, 5.41) is 3.19. The molecule has 0 aromatic heterocycles. The third-order valence-corrected chi connectivity index (χ3v) is 4.08. The monoisotopic (exact) mass is 274 g/mol. The Kier molecular flexibility index (Phi) is 5.18. The van der Waals surface area contributed by atoms with Crippen LogP contribution in [-0.2, 0) is 0 Å². The summed E-state index contributed by atoms with van der Waals surface area (Å²) in [5.41, 5.74) is 3.17. The molecule has 1 aliphatic heterocycles. The average molecular weight is 274 g/mol. The van der Waals surface area contributed by atoms with Crippen molar-refractivity contribution < 1.29 is 4.79 Å². The van der Waals surface area contributed by atoms with E-state index in [0.717, 1.165) is 49.0 Å². The highest BCUT2D eigenvalue weighted by atomic mass is 16.2. The van der Waals surface area contributed by atoms with E-state index in [9.17, 15) is 4.79 Å². The van der Waals surface area contributed by atoms with Crippen LogP contribution in [0.3, 0.4) is 0 Å². The molecule has 1 heterocycles. The molecule has 1 unspecified atom stereocenters. The van der Waals surface area contributed by atoms with Crippen LogP contribution >= 0.6 is 0 Å². The van der Waals surface area contributed by atoms with Crippen LogP contribution in [0.15, 0.2) is 18.2 Å². The van der Waals surface area contributed by atoms with Crippen molar-refractivity contribution in [3.63, 3.8) is 0 Å². The number of amides is 1. The van der Waals surface area contributed by atoms with Crippen LogP contribution in [0.2, 0.25) is 0 Å². The zero-order valence-corrected chi connectivity index (χ0v) is 12.9. The molecule has 0 aliphatic carbocycles. The standard InChI is InChI=1S/C17H26N2O/c1-13-10-14(2)12-15(11-13)17(20)19-9-5-4-6-16(19)7-8-18-3/h10-12,16,18H,4-9H2,1-3H3. The lowest BCUT2D eigenvalue weighted by Crippen LogP contribution is -2.44. The van der Waals surface area contributed by atoms with E-state index in [2.05, 4.69) is 30.1 Å². The van der Waals surface area contributed by atoms with Gasteiger partial charge in [-0.05, 0) is 65.3 Å². The van der Waals surface area contributed by atoms with E-state index in [1.54, 1.807) is 0 Å². The lowest BCUT2D eigenvalue weighted by atomic mass is 9.97. The number of nitrogens with one attached hydrogen (secondary N) is 1. The van der Waals surface area contributed by atoms with Crippen LogP contribution in [0, 0.1) is 13.8 Å². The third-order valence-electron chi connectivity index (χ3n) is 4.08. The van der Waals surface area contributed by atoms with E-state index >= 15 is 0 Å². The van der Waals surface area contributed by atoms with Crippen LogP contribution in [0.25, 0.3) is 0 Å². The predicted octanol–water partition coefficient (Wildman–Crippen LogP) is 2.91. The smallest absolute Gasteiger partial charge is 0.254 e. The third kappa shape index (κ3) is 3.60. The van der Waals surface area contributed by atoms with Crippen LogP contribution < -0.4 is 5.32 Å². The van der Waals surface area contributed by atoms with Gasteiger partial charge in [0.05, 0.1) is 0 Å². The zero-order chi connectivity index (χ0) is 14.5. The first-order valence-corrected chi connectivity index (χ1v) is 7.65. The number of rotatable bonds is 4. The Balaban J connectivity index is 2.16. The van der Waals surface area contributed by atoms with Crippen molar-refractivity contribution in [3.05, 3.63) is 34.9 Å². The van der Waals surface area contributed by atoms with Crippen LogP contribution in [0.4, 0.5) is 0 Å². The first-order chi connectivity index (χ1) is 9.61. The number of benzene rings is 1. The zero-order valence-electron chi connectivity index (χ0n) is 12.9. The highest BCUT2D eigenvalue weighted by Gasteiger charge is 2.27. The quantitative estimate of drug-likeness (QED) is 0.915. The van der Waals surface area contributed by atoms with Crippen molar-refractivity contribution in [1.29, 1.82) is 0 Å². The molecule has 3 heteroatoms. The minimum Gasteiger partial charge on any atom is -0.336 e. The number of likely N-dealkylation sites (tertiary alicyclic amines) is 1. The molecule has 1 saturated heterocycles. The van der Waals surface area contributed by atoms with Gasteiger partial charge in [-0.1, -0.05) is 17.2 Å². The van der Waals surface area contributed by atoms with Crippen molar-refractivity contribution in [2.24, 2.45) is 0 Å². The molecule has 110 valence electrons. The first kappa shape index (κ1) is 15.0. The second-order valence-electron chi connectivity index (χ2n) is 5.92. The molecular weight excluding hydrogens is 248 g/mol. The lowest BCUT2D eigenvalue weighted by Gasteiger charge is -2.36. The van der Waals surface area contributed by atoms with E-state index in [1.807, 2.05) is 19.2 Å². The van der Waals surface area contributed by atoms with Gasteiger partial charge in [-0.3, -0.25) is 4.79 Å². The number of hydrogen-bond acceptors (Lipinski definition) is 2. The number of carbonyl (C=O) groups excluding carboxylic acids is 1. The molecule has 0 bridgehead atoms. The Labute approximate surface area is 122 Å². The van der Waals surface area contributed by atoms with Crippen molar-refractivity contribution in [3.8, 4) is 0 Å². The van der Waals surface area contributed by atoms with Crippen LogP contribution in [-0.4, -0.2) is 37.0 Å². The minimum atomic E-state index is 0.206. The number of nitrogens with zero attached hydrogens (tertiary/aromatic N) is 1. The van der Waals surface area contributed by atoms with Gasteiger partial charge in [0.15, 0.2) is 0 Å². The topological polar surface area (TPSA) is 32.3 Å². The van der Waals surface area contributed by atoms with E-state index in [4.69, 9.17) is 0 Å². The summed E-state index contributed by atoms with van der Waals surface area (Å²) in [5.74, 6) is 0.206. The van der Waals surface area contributed by atoms with Gasteiger partial charge in [0.25, 0.3) is 5.91 Å². The Morgan fingerprint density at radius 1 is 1.25 bits per heavy atom. The van der Waals surface area contributed by atoms with E-state index < -0.39 is 0 Å². The predicted molar refractivity (Wildman–Crippen MR) is 83.1 cm³/mol. The summed E-state index contributed by atoms with van der Waals surface area (Å²) >= 11 is 0. The summed E-state index contributed by atoms with van der Waals surface area (Å²) < 4.78 is 0. The van der Waals surface area contributed by atoms with Gasteiger partial charge < -0.3 is 10.2 Å². The molecule has 0 spiro atoms. The van der Waals surface area contributed by atoms with Gasteiger partial charge in [-0.15, -0.1) is 0 Å². The maximum Gasteiger partial charge on any atom is 0.254 e. The molecule has 0 saturated carbocycles. The fraction of sp³-hybridized carbons (Fsp3) is 0.588. The minimum absolute atomic E-state index is 0.206. The molecule has 3 nitrogen and oxygen atoms in total. The second kappa shape index (κ2) is 6.89. The van der Waals surface area contributed by atoms with Crippen molar-refractivity contribution >= 4 is 5.91 Å². The molecule has 20 heavy (non-hydrogen) atoms. The normalized spacial score (nSPS) is 19.1. The van der Waals surface area contributed by atoms with Gasteiger partial charge in [0.1, 0.15) is 0 Å². The highest BCUT2D eigenvalue weighted by Crippen LogP contribution is 2.22. The summed E-state index contributed by atoms with van der Waals surface area (Å²) in [6, 6.07) is 6.54. The summed E-state index contributed by atoms with van der Waals surface area (Å²) in [6.45, 7) is 5.98. The Bertz CT molecular complexity index is 450. The molecule has 0 radical (unpaired) electrons. The Morgan fingerprint density at radius 2 is 1.95 bits per heavy atom. The maximum absolute atomic E-state index is 12.8. The van der Waals surface area contributed by atoms with Gasteiger partial charge in [0.2, 0.25) is 0 Å². The highest BCUT2D eigenvalue weighted by molar-refractivity contribution is 5.94. The lowest BCUT2D eigenvalue weighted by molar-refractivity contribution is 0.0602. The molecule has 1 fully saturated rings. The number of hydrogen-bond donors (Lipinski definition) is 1. The molecule has 1 aromatic carbocycles. The van der Waals surface area contributed by atoms with Crippen molar-refractivity contribution in [1.82, 2.24) is 10.2 Å². The second-order valence-corrected chi connectivity index (χ2v) is 5.92. The Morgan fingerprint density at radius 3 is 2.60 bits per heavy atom. The van der Waals surface area contributed by atoms with Crippen LogP contribution in [0.5, 0.6) is 0 Å². The van der Waals surface area contributed by atoms with Gasteiger partial charge in [-0.25, -0.2) is 0 Å². The van der Waals surface area contributed by atoms with Crippen molar-refractivity contribution in [2.45, 2.75) is 45.6 Å². The molecule has 1 N–H and O–H groups in total. The summed E-state index contributed by atoms with van der Waals surface area (Å²) in [7, 11) is 1.97. The Hall–Kier alpha value is -1.35. The molecule has 1 amide bonds.